The highest BCUT2D eigenvalue weighted by atomic mass is 15.1. The van der Waals surface area contributed by atoms with Gasteiger partial charge in [-0.15, -0.1) is 0 Å². The molecule has 0 aliphatic heterocycles. The SMILES string of the molecule is c1ccc(-c2cc(-c3ccccc3)cc(-n3c4ccccc4c4ccc(N(c5ccccc5)c5cccc6c7ccccc7c7ccccc7c56)cc43)c2)cc1. The van der Waals surface area contributed by atoms with Gasteiger partial charge in [-0.25, -0.2) is 0 Å². The van der Waals surface area contributed by atoms with Crippen molar-refractivity contribution in [3.63, 3.8) is 0 Å². The molecule has 56 heavy (non-hydrogen) atoms. The highest BCUT2D eigenvalue weighted by molar-refractivity contribution is 6.28. The van der Waals surface area contributed by atoms with E-state index in [9.17, 15) is 0 Å². The average molecular weight is 713 g/mol. The number of nitrogens with zero attached hydrogens (tertiary/aromatic N) is 2. The van der Waals surface area contributed by atoms with Gasteiger partial charge in [0.1, 0.15) is 0 Å². The standard InChI is InChI=1S/C54H36N2/c1-4-17-37(18-5-1)39-33-40(38-19-6-2-7-20-38)35-43(34-39)56-51-29-15-14-26-47(51)48-32-31-42(36-53(48)56)55(41-21-8-3-9-22-41)52-30-16-28-50-46-24-11-10-23-44(46)45-25-12-13-27-49(45)54(50)52/h1-36H. The molecule has 0 aliphatic carbocycles. The molecule has 2 heteroatoms. The average Bonchev–Trinajstić information content (AvgIpc) is 3.61. The maximum atomic E-state index is 2.46. The van der Waals surface area contributed by atoms with Crippen molar-refractivity contribution in [3.8, 4) is 27.9 Å². The third kappa shape index (κ3) is 5.19. The van der Waals surface area contributed by atoms with E-state index in [2.05, 4.69) is 228 Å². The first-order valence-electron chi connectivity index (χ1n) is 19.3. The van der Waals surface area contributed by atoms with E-state index in [1.807, 2.05) is 0 Å². The van der Waals surface area contributed by atoms with Crippen molar-refractivity contribution in [1.29, 1.82) is 0 Å². The molecule has 2 nitrogen and oxygen atoms in total. The minimum Gasteiger partial charge on any atom is -0.310 e. The quantitative estimate of drug-likeness (QED) is 0.156. The Kier molecular flexibility index (Phi) is 7.53. The van der Waals surface area contributed by atoms with Gasteiger partial charge >= 0.3 is 0 Å². The fourth-order valence-electron chi connectivity index (χ4n) is 8.84. The van der Waals surface area contributed by atoms with Crippen LogP contribution in [0.1, 0.15) is 0 Å². The van der Waals surface area contributed by atoms with E-state index in [-0.39, 0.29) is 0 Å². The molecule has 0 unspecified atom stereocenters. The number of rotatable bonds is 6. The van der Waals surface area contributed by atoms with E-state index in [4.69, 9.17) is 0 Å². The van der Waals surface area contributed by atoms with Crippen molar-refractivity contribution in [2.75, 3.05) is 4.90 Å². The van der Waals surface area contributed by atoms with Crippen LogP contribution >= 0.6 is 0 Å². The molecule has 0 aliphatic rings. The largest absolute Gasteiger partial charge is 0.310 e. The van der Waals surface area contributed by atoms with Crippen LogP contribution in [0, 0.1) is 0 Å². The highest BCUT2D eigenvalue weighted by Crippen LogP contribution is 2.46. The summed E-state index contributed by atoms with van der Waals surface area (Å²) in [7, 11) is 0. The zero-order valence-electron chi connectivity index (χ0n) is 30.7. The van der Waals surface area contributed by atoms with Gasteiger partial charge in [-0.05, 0) is 104 Å². The molecule has 0 fully saturated rings. The predicted molar refractivity (Wildman–Crippen MR) is 239 cm³/mol. The first-order chi connectivity index (χ1) is 27.8. The van der Waals surface area contributed by atoms with Gasteiger partial charge in [0.05, 0.1) is 16.7 Å². The van der Waals surface area contributed by atoms with Crippen LogP contribution in [0.3, 0.4) is 0 Å². The molecular formula is C54H36N2. The summed E-state index contributed by atoms with van der Waals surface area (Å²) in [6.07, 6.45) is 0. The molecule has 0 saturated carbocycles. The van der Waals surface area contributed by atoms with Gasteiger partial charge in [-0.1, -0.05) is 164 Å². The van der Waals surface area contributed by atoms with Crippen molar-refractivity contribution in [2.45, 2.75) is 0 Å². The second kappa shape index (κ2) is 13.2. The lowest BCUT2D eigenvalue weighted by Crippen LogP contribution is -2.11. The molecule has 0 spiro atoms. The zero-order valence-corrected chi connectivity index (χ0v) is 30.7. The zero-order chi connectivity index (χ0) is 37.0. The number of hydrogen-bond acceptors (Lipinski definition) is 1. The first kappa shape index (κ1) is 32.0. The third-order valence-corrected chi connectivity index (χ3v) is 11.3. The Balaban J connectivity index is 1.21. The summed E-state index contributed by atoms with van der Waals surface area (Å²) in [5.41, 5.74) is 11.6. The Morgan fingerprint density at radius 2 is 0.768 bits per heavy atom. The van der Waals surface area contributed by atoms with Gasteiger partial charge in [0.15, 0.2) is 0 Å². The molecular weight excluding hydrogens is 677 g/mol. The Labute approximate surface area is 325 Å². The summed E-state index contributed by atoms with van der Waals surface area (Å²) < 4.78 is 2.46. The van der Waals surface area contributed by atoms with Crippen molar-refractivity contribution in [2.24, 2.45) is 0 Å². The summed E-state index contributed by atoms with van der Waals surface area (Å²) in [4.78, 5) is 2.45. The molecule has 10 aromatic carbocycles. The van der Waals surface area contributed by atoms with Gasteiger partial charge in [-0.2, -0.15) is 0 Å². The van der Waals surface area contributed by atoms with Crippen molar-refractivity contribution < 1.29 is 0 Å². The van der Waals surface area contributed by atoms with E-state index in [0.29, 0.717) is 0 Å². The predicted octanol–water partition coefficient (Wildman–Crippen LogP) is 15.0. The van der Waals surface area contributed by atoms with Crippen LogP contribution in [0.15, 0.2) is 218 Å². The molecule has 262 valence electrons. The van der Waals surface area contributed by atoms with Crippen LogP contribution in [0.2, 0.25) is 0 Å². The fraction of sp³-hybridized carbons (Fsp3) is 0. The molecule has 1 heterocycles. The van der Waals surface area contributed by atoms with Gasteiger partial charge in [-0.3, -0.25) is 0 Å². The molecule has 11 aromatic rings. The summed E-state index contributed by atoms with van der Waals surface area (Å²) in [6, 6.07) is 79.5. The Hall–Kier alpha value is -7.42. The Morgan fingerprint density at radius 1 is 0.286 bits per heavy atom. The lowest BCUT2D eigenvalue weighted by atomic mass is 9.93. The lowest BCUT2D eigenvalue weighted by Gasteiger charge is -2.28. The molecule has 0 atom stereocenters. The second-order valence-corrected chi connectivity index (χ2v) is 14.5. The van der Waals surface area contributed by atoms with E-state index >= 15 is 0 Å². The summed E-state index contributed by atoms with van der Waals surface area (Å²) in [5, 5.41) is 10.00. The normalized spacial score (nSPS) is 11.6. The number of fused-ring (bicyclic) bond motifs is 9. The molecule has 1 aromatic heterocycles. The summed E-state index contributed by atoms with van der Waals surface area (Å²) in [6.45, 7) is 0. The Morgan fingerprint density at radius 3 is 1.39 bits per heavy atom. The van der Waals surface area contributed by atoms with Crippen molar-refractivity contribution in [1.82, 2.24) is 4.57 Å². The van der Waals surface area contributed by atoms with Crippen LogP contribution < -0.4 is 4.90 Å². The molecule has 0 N–H and O–H groups in total. The number of hydrogen-bond donors (Lipinski definition) is 0. The maximum absolute atomic E-state index is 2.46. The number of aromatic nitrogens is 1. The first-order valence-corrected chi connectivity index (χ1v) is 19.3. The minimum atomic E-state index is 1.10. The lowest BCUT2D eigenvalue weighted by molar-refractivity contribution is 1.18. The molecule has 0 bridgehead atoms. The molecule has 0 amide bonds. The van der Waals surface area contributed by atoms with Gasteiger partial charge in [0, 0.05) is 33.2 Å². The van der Waals surface area contributed by atoms with Gasteiger partial charge in [0.25, 0.3) is 0 Å². The maximum Gasteiger partial charge on any atom is 0.0561 e. The third-order valence-electron chi connectivity index (χ3n) is 11.3. The van der Waals surface area contributed by atoms with E-state index in [0.717, 1.165) is 28.3 Å². The van der Waals surface area contributed by atoms with Crippen LogP contribution in [0.4, 0.5) is 17.1 Å². The smallest absolute Gasteiger partial charge is 0.0561 e. The number of para-hydroxylation sites is 2. The Bertz CT molecular complexity index is 3130. The minimum absolute atomic E-state index is 1.10. The van der Waals surface area contributed by atoms with E-state index < -0.39 is 0 Å². The number of anilines is 3. The summed E-state index contributed by atoms with van der Waals surface area (Å²) >= 11 is 0. The second-order valence-electron chi connectivity index (χ2n) is 14.5. The topological polar surface area (TPSA) is 8.17 Å². The molecule has 0 saturated heterocycles. The van der Waals surface area contributed by atoms with Crippen LogP contribution in [0.25, 0.3) is 82.1 Å². The van der Waals surface area contributed by atoms with E-state index in [1.54, 1.807) is 0 Å². The van der Waals surface area contributed by atoms with E-state index in [1.165, 1.54) is 70.9 Å². The van der Waals surface area contributed by atoms with Crippen LogP contribution in [0.5, 0.6) is 0 Å². The molecule has 0 radical (unpaired) electrons. The fourth-order valence-corrected chi connectivity index (χ4v) is 8.84. The molecule has 11 rings (SSSR count). The highest BCUT2D eigenvalue weighted by Gasteiger charge is 2.21. The van der Waals surface area contributed by atoms with Crippen LogP contribution in [-0.4, -0.2) is 4.57 Å². The van der Waals surface area contributed by atoms with Crippen LogP contribution in [-0.2, 0) is 0 Å². The summed E-state index contributed by atoms with van der Waals surface area (Å²) in [5.74, 6) is 0. The van der Waals surface area contributed by atoms with Gasteiger partial charge < -0.3 is 9.47 Å². The van der Waals surface area contributed by atoms with Crippen molar-refractivity contribution >= 4 is 71.2 Å². The number of benzene rings is 10. The van der Waals surface area contributed by atoms with Gasteiger partial charge in [0.2, 0.25) is 0 Å². The monoisotopic (exact) mass is 712 g/mol. The van der Waals surface area contributed by atoms with Crippen molar-refractivity contribution in [3.05, 3.63) is 218 Å².